The molecule has 0 N–H and O–H groups in total. The zero-order valence-electron chi connectivity index (χ0n) is 22.2. The summed E-state index contributed by atoms with van der Waals surface area (Å²) >= 11 is 7.69. The third-order valence-electron chi connectivity index (χ3n) is 5.92. The van der Waals surface area contributed by atoms with E-state index in [0.717, 1.165) is 5.56 Å². The Hall–Kier alpha value is -3.82. The van der Waals surface area contributed by atoms with Gasteiger partial charge in [-0.3, -0.25) is 9.36 Å². The zero-order valence-corrected chi connectivity index (χ0v) is 23.7. The highest BCUT2D eigenvalue weighted by Crippen LogP contribution is 2.37. The molecule has 4 rings (SSSR count). The van der Waals surface area contributed by atoms with Crippen LogP contribution in [0.5, 0.6) is 17.2 Å². The topological polar surface area (TPSA) is 88.4 Å². The molecule has 0 radical (unpaired) electrons. The van der Waals surface area contributed by atoms with Gasteiger partial charge in [-0.2, -0.15) is 0 Å². The van der Waals surface area contributed by atoms with Gasteiger partial charge in [0.15, 0.2) is 16.3 Å². The molecule has 1 aromatic heterocycles. The van der Waals surface area contributed by atoms with E-state index in [9.17, 15) is 9.59 Å². The fourth-order valence-electron chi connectivity index (χ4n) is 4.28. The number of hydrogen-bond donors (Lipinski definition) is 0. The number of fused-ring (bicyclic) bond motifs is 1. The molecule has 8 nitrogen and oxygen atoms in total. The molecule has 0 fully saturated rings. The number of carbonyl (C=O) groups excluding carboxylic acids is 1. The second-order valence-electron chi connectivity index (χ2n) is 8.44. The Bertz CT molecular complexity index is 1600. The molecule has 0 amide bonds. The van der Waals surface area contributed by atoms with Crippen molar-refractivity contribution < 1.29 is 23.7 Å². The molecule has 0 bridgehead atoms. The maximum absolute atomic E-state index is 13.8. The second kappa shape index (κ2) is 12.4. The average Bonchev–Trinajstić information content (AvgIpc) is 3.21. The molecule has 10 heteroatoms. The zero-order chi connectivity index (χ0) is 28.1. The van der Waals surface area contributed by atoms with Crippen molar-refractivity contribution in [2.24, 2.45) is 4.99 Å². The van der Waals surface area contributed by atoms with E-state index < -0.39 is 12.0 Å². The lowest BCUT2D eigenvalue weighted by Gasteiger charge is -2.24. The molecule has 3 aromatic rings. The molecular weight excluding hydrogens is 540 g/mol. The molecule has 0 saturated heterocycles. The second-order valence-corrected chi connectivity index (χ2v) is 9.85. The number of hydrogen-bond acceptors (Lipinski definition) is 8. The van der Waals surface area contributed by atoms with Crippen LogP contribution in [0.3, 0.4) is 0 Å². The first-order valence-corrected chi connectivity index (χ1v) is 13.6. The number of carbonyl (C=O) groups is 1. The normalized spacial score (nSPS) is 14.9. The molecule has 0 unspecified atom stereocenters. The Morgan fingerprint density at radius 2 is 1.92 bits per heavy atom. The van der Waals surface area contributed by atoms with Crippen molar-refractivity contribution in [1.29, 1.82) is 0 Å². The van der Waals surface area contributed by atoms with Gasteiger partial charge in [-0.25, -0.2) is 9.79 Å². The molecule has 0 spiro atoms. The predicted molar refractivity (Wildman–Crippen MR) is 152 cm³/mol. The van der Waals surface area contributed by atoms with Crippen molar-refractivity contribution >= 4 is 35.0 Å². The minimum absolute atomic E-state index is 0.200. The van der Waals surface area contributed by atoms with Gasteiger partial charge in [0.1, 0.15) is 12.4 Å². The van der Waals surface area contributed by atoms with E-state index in [-0.39, 0.29) is 18.8 Å². The Labute approximate surface area is 235 Å². The predicted octanol–water partition coefficient (Wildman–Crippen LogP) is 4.42. The van der Waals surface area contributed by atoms with E-state index in [0.29, 0.717) is 55.0 Å². The minimum Gasteiger partial charge on any atom is -0.494 e. The van der Waals surface area contributed by atoms with Crippen LogP contribution in [-0.4, -0.2) is 37.5 Å². The molecule has 39 heavy (non-hydrogen) atoms. The van der Waals surface area contributed by atoms with Crippen molar-refractivity contribution in [1.82, 2.24) is 4.57 Å². The van der Waals surface area contributed by atoms with Crippen LogP contribution in [-0.2, 0) is 9.53 Å². The standard InChI is InChI=1S/C29H29ClN2O6S/c1-6-13-38-26-21(30)14-18(15-22(26)35-5)16-23-27(33)32-25(19-9-11-20(12-10-19)36-7-2)24(28(34)37-8-3)17(4)31-29(32)39-23/h6,9-12,14-16,25H,1,7-8,13H2,2-5H3/b23-16+/t25-/m0/s1. The molecule has 2 heterocycles. The number of methoxy groups -OCH3 is 1. The van der Waals surface area contributed by atoms with Crippen LogP contribution in [0.25, 0.3) is 6.08 Å². The van der Waals surface area contributed by atoms with Gasteiger partial charge >= 0.3 is 5.97 Å². The van der Waals surface area contributed by atoms with Gasteiger partial charge in [-0.15, -0.1) is 0 Å². The Morgan fingerprint density at radius 3 is 2.56 bits per heavy atom. The summed E-state index contributed by atoms with van der Waals surface area (Å²) < 4.78 is 24.0. The van der Waals surface area contributed by atoms with Crippen LogP contribution in [0.2, 0.25) is 5.02 Å². The fourth-order valence-corrected chi connectivity index (χ4v) is 5.60. The summed E-state index contributed by atoms with van der Waals surface area (Å²) in [6.45, 7) is 10.0. The van der Waals surface area contributed by atoms with Crippen molar-refractivity contribution in [2.45, 2.75) is 26.8 Å². The first kappa shape index (κ1) is 28.2. The van der Waals surface area contributed by atoms with Crippen LogP contribution in [0, 0.1) is 0 Å². The Morgan fingerprint density at radius 1 is 1.18 bits per heavy atom. The maximum atomic E-state index is 13.8. The van der Waals surface area contributed by atoms with E-state index in [1.165, 1.54) is 23.0 Å². The summed E-state index contributed by atoms with van der Waals surface area (Å²) in [5, 5.41) is 0.336. The summed E-state index contributed by atoms with van der Waals surface area (Å²) in [5.74, 6) is 0.996. The number of aromatic nitrogens is 1. The van der Waals surface area contributed by atoms with Crippen molar-refractivity contribution in [2.75, 3.05) is 26.9 Å². The number of thiazole rings is 1. The molecule has 0 aliphatic carbocycles. The highest BCUT2D eigenvalue weighted by molar-refractivity contribution is 7.07. The van der Waals surface area contributed by atoms with Gasteiger partial charge in [0.2, 0.25) is 0 Å². The van der Waals surface area contributed by atoms with Crippen LogP contribution >= 0.6 is 22.9 Å². The van der Waals surface area contributed by atoms with Crippen LogP contribution in [0.15, 0.2) is 70.1 Å². The lowest BCUT2D eigenvalue weighted by molar-refractivity contribution is -0.139. The highest BCUT2D eigenvalue weighted by atomic mass is 35.5. The number of esters is 1. The average molecular weight is 569 g/mol. The molecule has 1 aliphatic heterocycles. The first-order chi connectivity index (χ1) is 18.8. The number of allylic oxidation sites excluding steroid dienone is 1. The maximum Gasteiger partial charge on any atom is 0.338 e. The number of nitrogens with zero attached hydrogens (tertiary/aromatic N) is 2. The van der Waals surface area contributed by atoms with Gasteiger partial charge in [-0.05, 0) is 62.2 Å². The van der Waals surface area contributed by atoms with Gasteiger partial charge in [-0.1, -0.05) is 47.7 Å². The minimum atomic E-state index is -0.717. The molecule has 204 valence electrons. The van der Waals surface area contributed by atoms with E-state index in [1.807, 2.05) is 31.2 Å². The molecule has 2 aromatic carbocycles. The van der Waals surface area contributed by atoms with Gasteiger partial charge in [0.25, 0.3) is 5.56 Å². The van der Waals surface area contributed by atoms with Crippen molar-refractivity contribution in [3.63, 3.8) is 0 Å². The van der Waals surface area contributed by atoms with Crippen LogP contribution < -0.4 is 29.1 Å². The number of halogens is 1. The van der Waals surface area contributed by atoms with Gasteiger partial charge in [0.05, 0.1) is 47.2 Å². The number of ether oxygens (including phenoxy) is 4. The summed E-state index contributed by atoms with van der Waals surface area (Å²) in [7, 11) is 1.51. The monoisotopic (exact) mass is 568 g/mol. The van der Waals surface area contributed by atoms with E-state index >= 15 is 0 Å². The largest absolute Gasteiger partial charge is 0.494 e. The molecule has 0 saturated carbocycles. The molecule has 1 atom stereocenters. The SMILES string of the molecule is C=CCOc1c(Cl)cc(/C=c2/sc3n(c2=O)[C@@H](c2ccc(OCC)cc2)C(C(=O)OCC)=C(C)N=3)cc1OC. The number of benzene rings is 2. The summed E-state index contributed by atoms with van der Waals surface area (Å²) in [5.41, 5.74) is 1.89. The van der Waals surface area contributed by atoms with E-state index in [2.05, 4.69) is 11.6 Å². The highest BCUT2D eigenvalue weighted by Gasteiger charge is 2.33. The van der Waals surface area contributed by atoms with E-state index in [4.69, 9.17) is 30.5 Å². The van der Waals surface area contributed by atoms with Gasteiger partial charge < -0.3 is 18.9 Å². The third kappa shape index (κ3) is 5.79. The van der Waals surface area contributed by atoms with Crippen LogP contribution in [0.4, 0.5) is 0 Å². The first-order valence-electron chi connectivity index (χ1n) is 12.4. The lowest BCUT2D eigenvalue weighted by Crippen LogP contribution is -2.39. The van der Waals surface area contributed by atoms with E-state index in [1.54, 1.807) is 38.1 Å². The van der Waals surface area contributed by atoms with Gasteiger partial charge in [0, 0.05) is 0 Å². The summed E-state index contributed by atoms with van der Waals surface area (Å²) in [6.07, 6.45) is 3.33. The molecular formula is C29H29ClN2O6S. The molecule has 1 aliphatic rings. The number of rotatable bonds is 10. The quantitative estimate of drug-likeness (QED) is 0.266. The smallest absolute Gasteiger partial charge is 0.338 e. The summed E-state index contributed by atoms with van der Waals surface area (Å²) in [4.78, 5) is 32.0. The Kier molecular flexibility index (Phi) is 8.93. The summed E-state index contributed by atoms with van der Waals surface area (Å²) in [6, 6.07) is 10.0. The fraction of sp³-hybridized carbons (Fsp3) is 0.276. The van der Waals surface area contributed by atoms with Crippen molar-refractivity contribution in [3.8, 4) is 17.2 Å². The van der Waals surface area contributed by atoms with Crippen molar-refractivity contribution in [3.05, 3.63) is 96.2 Å². The Balaban J connectivity index is 1.88. The third-order valence-corrected chi connectivity index (χ3v) is 7.18. The lowest BCUT2D eigenvalue weighted by atomic mass is 9.96. The van der Waals surface area contributed by atoms with Crippen LogP contribution in [0.1, 0.15) is 37.9 Å².